The first-order valence-corrected chi connectivity index (χ1v) is 5.15. The SMILES string of the molecule is C[C@H](N)c1nc(-c2cccc(C(F)(F)F)c2)no1.Cl. The maximum absolute atomic E-state index is 12.5. The molecule has 0 aliphatic heterocycles. The van der Waals surface area contributed by atoms with Crippen LogP contribution in [0.2, 0.25) is 0 Å². The van der Waals surface area contributed by atoms with E-state index in [0.717, 1.165) is 12.1 Å². The second-order valence-electron chi connectivity index (χ2n) is 3.82. The summed E-state index contributed by atoms with van der Waals surface area (Å²) < 4.78 is 42.4. The number of alkyl halides is 3. The summed E-state index contributed by atoms with van der Waals surface area (Å²) in [5, 5.41) is 3.60. The molecule has 1 atom stereocenters. The largest absolute Gasteiger partial charge is 0.416 e. The van der Waals surface area contributed by atoms with Crippen LogP contribution < -0.4 is 5.73 Å². The van der Waals surface area contributed by atoms with Crippen molar-refractivity contribution in [1.82, 2.24) is 10.1 Å². The van der Waals surface area contributed by atoms with E-state index in [-0.39, 0.29) is 29.7 Å². The summed E-state index contributed by atoms with van der Waals surface area (Å²) in [6, 6.07) is 4.26. The molecule has 0 radical (unpaired) electrons. The monoisotopic (exact) mass is 293 g/mol. The van der Waals surface area contributed by atoms with Crippen molar-refractivity contribution in [2.75, 3.05) is 0 Å². The van der Waals surface area contributed by atoms with Crippen LogP contribution in [0.5, 0.6) is 0 Å². The lowest BCUT2D eigenvalue weighted by Gasteiger charge is -2.06. The van der Waals surface area contributed by atoms with Crippen molar-refractivity contribution in [2.24, 2.45) is 5.73 Å². The van der Waals surface area contributed by atoms with E-state index in [4.69, 9.17) is 10.3 Å². The van der Waals surface area contributed by atoms with E-state index in [0.29, 0.717) is 0 Å². The van der Waals surface area contributed by atoms with Crippen molar-refractivity contribution < 1.29 is 17.7 Å². The molecule has 4 nitrogen and oxygen atoms in total. The van der Waals surface area contributed by atoms with Crippen molar-refractivity contribution in [2.45, 2.75) is 19.1 Å². The number of nitrogens with two attached hydrogens (primary N) is 1. The molecule has 104 valence electrons. The van der Waals surface area contributed by atoms with Crippen LogP contribution in [-0.4, -0.2) is 10.1 Å². The second-order valence-corrected chi connectivity index (χ2v) is 3.82. The fraction of sp³-hybridized carbons (Fsp3) is 0.273. The van der Waals surface area contributed by atoms with Crippen LogP contribution in [0.1, 0.15) is 24.4 Å². The molecular formula is C11H11ClF3N3O. The minimum atomic E-state index is -4.40. The third kappa shape index (κ3) is 3.45. The van der Waals surface area contributed by atoms with Crippen LogP contribution in [-0.2, 0) is 6.18 Å². The Morgan fingerprint density at radius 1 is 1.32 bits per heavy atom. The van der Waals surface area contributed by atoms with Gasteiger partial charge >= 0.3 is 6.18 Å². The Labute approximate surface area is 113 Å². The molecule has 0 saturated heterocycles. The molecule has 19 heavy (non-hydrogen) atoms. The summed E-state index contributed by atoms with van der Waals surface area (Å²) >= 11 is 0. The van der Waals surface area contributed by atoms with Crippen molar-refractivity contribution in [3.05, 3.63) is 35.7 Å². The van der Waals surface area contributed by atoms with Gasteiger partial charge in [-0.25, -0.2) is 0 Å². The Morgan fingerprint density at radius 3 is 2.53 bits per heavy atom. The second kappa shape index (κ2) is 5.58. The number of rotatable bonds is 2. The zero-order chi connectivity index (χ0) is 13.3. The molecule has 2 aromatic rings. The van der Waals surface area contributed by atoms with E-state index >= 15 is 0 Å². The topological polar surface area (TPSA) is 64.9 Å². The lowest BCUT2D eigenvalue weighted by molar-refractivity contribution is -0.137. The van der Waals surface area contributed by atoms with Crippen molar-refractivity contribution in [3.8, 4) is 11.4 Å². The van der Waals surface area contributed by atoms with Gasteiger partial charge in [-0.2, -0.15) is 18.2 Å². The number of benzene rings is 1. The van der Waals surface area contributed by atoms with Gasteiger partial charge in [-0.1, -0.05) is 17.3 Å². The van der Waals surface area contributed by atoms with Gasteiger partial charge < -0.3 is 10.3 Å². The summed E-state index contributed by atoms with van der Waals surface area (Å²) in [6.07, 6.45) is -4.40. The van der Waals surface area contributed by atoms with E-state index in [9.17, 15) is 13.2 Å². The highest BCUT2D eigenvalue weighted by Crippen LogP contribution is 2.31. The van der Waals surface area contributed by atoms with Crippen LogP contribution in [0.15, 0.2) is 28.8 Å². The van der Waals surface area contributed by atoms with Crippen LogP contribution >= 0.6 is 12.4 Å². The Kier molecular flexibility index (Phi) is 4.54. The number of hydrogen-bond acceptors (Lipinski definition) is 4. The van der Waals surface area contributed by atoms with Gasteiger partial charge in [0.15, 0.2) is 0 Å². The molecule has 0 aliphatic rings. The minimum absolute atomic E-state index is 0. The van der Waals surface area contributed by atoms with Crippen LogP contribution in [0.25, 0.3) is 11.4 Å². The Balaban J connectivity index is 0.00000180. The summed E-state index contributed by atoms with van der Waals surface area (Å²) in [6.45, 7) is 1.64. The average Bonchev–Trinajstić information content (AvgIpc) is 2.77. The highest BCUT2D eigenvalue weighted by molar-refractivity contribution is 5.85. The van der Waals surface area contributed by atoms with Gasteiger partial charge in [0.1, 0.15) is 0 Å². The first-order chi connectivity index (χ1) is 8.38. The molecule has 0 spiro atoms. The van der Waals surface area contributed by atoms with Crippen LogP contribution in [0, 0.1) is 0 Å². The van der Waals surface area contributed by atoms with Gasteiger partial charge in [-0.15, -0.1) is 12.4 Å². The Hall–Kier alpha value is -1.60. The smallest absolute Gasteiger partial charge is 0.337 e. The zero-order valence-corrected chi connectivity index (χ0v) is 10.6. The van der Waals surface area contributed by atoms with Crippen molar-refractivity contribution >= 4 is 12.4 Å². The zero-order valence-electron chi connectivity index (χ0n) is 9.81. The molecule has 0 amide bonds. The third-order valence-corrected chi connectivity index (χ3v) is 2.28. The number of hydrogen-bond donors (Lipinski definition) is 1. The van der Waals surface area contributed by atoms with Gasteiger partial charge in [-0.05, 0) is 19.1 Å². The van der Waals surface area contributed by atoms with E-state index in [1.54, 1.807) is 6.92 Å². The van der Waals surface area contributed by atoms with Gasteiger partial charge in [-0.3, -0.25) is 0 Å². The van der Waals surface area contributed by atoms with E-state index < -0.39 is 17.8 Å². The maximum atomic E-state index is 12.5. The van der Waals surface area contributed by atoms with E-state index in [1.165, 1.54) is 12.1 Å². The summed E-state index contributed by atoms with van der Waals surface area (Å²) in [5.74, 6) is 0.274. The third-order valence-electron chi connectivity index (χ3n) is 2.28. The number of halogens is 4. The molecule has 0 aliphatic carbocycles. The minimum Gasteiger partial charge on any atom is -0.337 e. The molecule has 0 bridgehead atoms. The lowest BCUT2D eigenvalue weighted by atomic mass is 10.1. The molecule has 2 N–H and O–H groups in total. The van der Waals surface area contributed by atoms with E-state index in [2.05, 4.69) is 10.1 Å². The standard InChI is InChI=1S/C11H10F3N3O.ClH/c1-6(15)10-16-9(17-18-10)7-3-2-4-8(5-7)11(12,13)14;/h2-6H,15H2,1H3;1H/t6-;/m0./s1. The summed E-state index contributed by atoms with van der Waals surface area (Å²) in [7, 11) is 0. The van der Waals surface area contributed by atoms with Crippen molar-refractivity contribution in [1.29, 1.82) is 0 Å². The molecule has 1 aromatic carbocycles. The maximum Gasteiger partial charge on any atom is 0.416 e. The fourth-order valence-electron chi connectivity index (χ4n) is 1.37. The first kappa shape index (κ1) is 15.5. The summed E-state index contributed by atoms with van der Waals surface area (Å²) in [4.78, 5) is 3.93. The molecule has 1 heterocycles. The number of aromatic nitrogens is 2. The predicted molar refractivity (Wildman–Crippen MR) is 64.6 cm³/mol. The molecule has 1 aromatic heterocycles. The quantitative estimate of drug-likeness (QED) is 0.923. The van der Waals surface area contributed by atoms with Crippen LogP contribution in [0.3, 0.4) is 0 Å². The van der Waals surface area contributed by atoms with Crippen LogP contribution in [0.4, 0.5) is 13.2 Å². The highest BCUT2D eigenvalue weighted by atomic mass is 35.5. The molecule has 0 fully saturated rings. The molecule has 8 heteroatoms. The van der Waals surface area contributed by atoms with Gasteiger partial charge in [0, 0.05) is 5.56 Å². The van der Waals surface area contributed by atoms with Gasteiger partial charge in [0.25, 0.3) is 0 Å². The predicted octanol–water partition coefficient (Wildman–Crippen LogP) is 3.20. The van der Waals surface area contributed by atoms with Gasteiger partial charge in [0.2, 0.25) is 11.7 Å². The highest BCUT2D eigenvalue weighted by Gasteiger charge is 2.30. The van der Waals surface area contributed by atoms with E-state index in [1.807, 2.05) is 0 Å². The number of nitrogens with zero attached hydrogens (tertiary/aromatic N) is 2. The summed E-state index contributed by atoms with van der Waals surface area (Å²) in [5.41, 5.74) is 5.01. The molecule has 0 saturated carbocycles. The van der Waals surface area contributed by atoms with Gasteiger partial charge in [0.05, 0.1) is 11.6 Å². The molecule has 2 rings (SSSR count). The fourth-order valence-corrected chi connectivity index (χ4v) is 1.37. The van der Waals surface area contributed by atoms with Crippen molar-refractivity contribution in [3.63, 3.8) is 0 Å². The molecular weight excluding hydrogens is 283 g/mol. The normalized spacial score (nSPS) is 12.9. The average molecular weight is 294 g/mol. The first-order valence-electron chi connectivity index (χ1n) is 5.15. The Bertz CT molecular complexity index is 554. The Morgan fingerprint density at radius 2 is 2.00 bits per heavy atom. The lowest BCUT2D eigenvalue weighted by Crippen LogP contribution is -2.05. The molecule has 0 unspecified atom stereocenters.